The first-order valence-electron chi connectivity index (χ1n) is 4.65. The molecule has 0 aliphatic heterocycles. The van der Waals surface area contributed by atoms with Crippen LogP contribution in [0.3, 0.4) is 0 Å². The summed E-state index contributed by atoms with van der Waals surface area (Å²) in [6, 6.07) is 0. The van der Waals surface area contributed by atoms with Crippen molar-refractivity contribution in [3.05, 3.63) is 0 Å². The second-order valence-corrected chi connectivity index (χ2v) is 2.83. The first-order chi connectivity index (χ1) is 6.27. The van der Waals surface area contributed by atoms with Crippen LogP contribution in [0.2, 0.25) is 0 Å². The van der Waals surface area contributed by atoms with E-state index in [0.717, 1.165) is 38.9 Å². The van der Waals surface area contributed by atoms with Crippen molar-refractivity contribution in [3.63, 3.8) is 0 Å². The molecule has 0 unspecified atom stereocenters. The summed E-state index contributed by atoms with van der Waals surface area (Å²) in [6.07, 6.45) is 2.00. The number of rotatable bonds is 8. The van der Waals surface area contributed by atoms with Crippen molar-refractivity contribution in [2.75, 3.05) is 26.2 Å². The number of carboxylic acid groups (broad SMARTS) is 1. The SMILES string of the molecule is Cl.Cl.NCCCCNCCCNC(=O)O. The van der Waals surface area contributed by atoms with Crippen LogP contribution >= 0.6 is 24.8 Å². The molecule has 0 atom stereocenters. The molecule has 0 aromatic carbocycles. The molecule has 0 aromatic rings. The van der Waals surface area contributed by atoms with Gasteiger partial charge in [0.15, 0.2) is 0 Å². The Morgan fingerprint density at radius 1 is 1.07 bits per heavy atom. The van der Waals surface area contributed by atoms with E-state index in [9.17, 15) is 4.79 Å². The fraction of sp³-hybridized carbons (Fsp3) is 0.875. The van der Waals surface area contributed by atoms with Crippen molar-refractivity contribution in [2.45, 2.75) is 19.3 Å². The van der Waals surface area contributed by atoms with E-state index in [2.05, 4.69) is 10.6 Å². The predicted molar refractivity (Wildman–Crippen MR) is 66.3 cm³/mol. The number of hydrogen-bond donors (Lipinski definition) is 4. The highest BCUT2D eigenvalue weighted by Gasteiger charge is 1.92. The maximum absolute atomic E-state index is 10.0. The fourth-order valence-electron chi connectivity index (χ4n) is 0.928. The second-order valence-electron chi connectivity index (χ2n) is 2.83. The fourth-order valence-corrected chi connectivity index (χ4v) is 0.928. The highest BCUT2D eigenvalue weighted by Crippen LogP contribution is 1.82. The van der Waals surface area contributed by atoms with Gasteiger partial charge in [0.05, 0.1) is 0 Å². The number of halogens is 2. The molecule has 0 saturated carbocycles. The highest BCUT2D eigenvalue weighted by atomic mass is 35.5. The molecular weight excluding hydrogens is 241 g/mol. The van der Waals surface area contributed by atoms with Crippen LogP contribution in [-0.2, 0) is 0 Å². The predicted octanol–water partition coefficient (Wildman–Crippen LogP) is 0.816. The minimum atomic E-state index is -0.955. The smallest absolute Gasteiger partial charge is 0.404 e. The van der Waals surface area contributed by atoms with E-state index in [1.54, 1.807) is 0 Å². The first kappa shape index (κ1) is 20.2. The van der Waals surface area contributed by atoms with Crippen LogP contribution in [0.4, 0.5) is 4.79 Å². The number of unbranched alkanes of at least 4 members (excludes halogenated alkanes) is 1. The molecule has 1 amide bonds. The Bertz CT molecular complexity index is 139. The highest BCUT2D eigenvalue weighted by molar-refractivity contribution is 5.85. The summed E-state index contributed by atoms with van der Waals surface area (Å²) in [6.45, 7) is 3.07. The molecule has 94 valence electrons. The van der Waals surface area contributed by atoms with E-state index in [0.29, 0.717) is 6.54 Å². The Balaban J connectivity index is -0.000000720. The van der Waals surface area contributed by atoms with E-state index in [-0.39, 0.29) is 24.8 Å². The third kappa shape index (κ3) is 20.0. The molecule has 5 nitrogen and oxygen atoms in total. The van der Waals surface area contributed by atoms with Gasteiger partial charge in [-0.25, -0.2) is 4.79 Å². The zero-order chi connectivity index (χ0) is 9.94. The summed E-state index contributed by atoms with van der Waals surface area (Å²) in [4.78, 5) is 10.0. The molecular formula is C8H21Cl2N3O2. The zero-order valence-electron chi connectivity index (χ0n) is 8.70. The van der Waals surface area contributed by atoms with Crippen molar-refractivity contribution < 1.29 is 9.90 Å². The van der Waals surface area contributed by atoms with Crippen LogP contribution in [0.1, 0.15) is 19.3 Å². The lowest BCUT2D eigenvalue weighted by atomic mass is 10.3. The average Bonchev–Trinajstić information content (AvgIpc) is 2.09. The molecule has 15 heavy (non-hydrogen) atoms. The minimum absolute atomic E-state index is 0. The molecule has 0 spiro atoms. The summed E-state index contributed by atoms with van der Waals surface area (Å²) in [7, 11) is 0. The van der Waals surface area contributed by atoms with Gasteiger partial charge in [-0.2, -0.15) is 0 Å². The molecule has 0 aliphatic rings. The zero-order valence-corrected chi connectivity index (χ0v) is 10.3. The third-order valence-corrected chi connectivity index (χ3v) is 1.61. The summed E-state index contributed by atoms with van der Waals surface area (Å²) in [5, 5.41) is 13.8. The van der Waals surface area contributed by atoms with Crippen LogP contribution in [0.15, 0.2) is 0 Å². The van der Waals surface area contributed by atoms with Crippen LogP contribution in [0, 0.1) is 0 Å². The van der Waals surface area contributed by atoms with E-state index >= 15 is 0 Å². The Kier molecular flexibility index (Phi) is 21.8. The molecule has 0 aromatic heterocycles. The van der Waals surface area contributed by atoms with Gasteiger partial charge < -0.3 is 21.5 Å². The Labute approximate surface area is 103 Å². The van der Waals surface area contributed by atoms with Gasteiger partial charge in [0.1, 0.15) is 0 Å². The number of amides is 1. The summed E-state index contributed by atoms with van der Waals surface area (Å²) >= 11 is 0. The Morgan fingerprint density at radius 2 is 1.67 bits per heavy atom. The molecule has 0 rings (SSSR count). The third-order valence-electron chi connectivity index (χ3n) is 1.61. The van der Waals surface area contributed by atoms with Gasteiger partial charge >= 0.3 is 6.09 Å². The van der Waals surface area contributed by atoms with Crippen molar-refractivity contribution in [2.24, 2.45) is 5.73 Å². The Morgan fingerprint density at radius 3 is 2.20 bits per heavy atom. The van der Waals surface area contributed by atoms with E-state index < -0.39 is 6.09 Å². The number of hydrogen-bond acceptors (Lipinski definition) is 3. The number of nitrogens with one attached hydrogen (secondary N) is 2. The summed E-state index contributed by atoms with van der Waals surface area (Å²) in [5.41, 5.74) is 5.32. The monoisotopic (exact) mass is 261 g/mol. The quantitative estimate of drug-likeness (QED) is 0.488. The van der Waals surface area contributed by atoms with Gasteiger partial charge in [0.25, 0.3) is 0 Å². The van der Waals surface area contributed by atoms with Crippen LogP contribution in [-0.4, -0.2) is 37.4 Å². The molecule has 0 heterocycles. The average molecular weight is 262 g/mol. The second kappa shape index (κ2) is 16.2. The molecule has 5 N–H and O–H groups in total. The number of carbonyl (C=O) groups is 1. The maximum Gasteiger partial charge on any atom is 0.404 e. The van der Waals surface area contributed by atoms with Gasteiger partial charge in [-0.1, -0.05) is 0 Å². The lowest BCUT2D eigenvalue weighted by Crippen LogP contribution is -2.26. The molecule has 0 bridgehead atoms. The van der Waals surface area contributed by atoms with E-state index in [4.69, 9.17) is 10.8 Å². The van der Waals surface area contributed by atoms with Gasteiger partial charge in [0.2, 0.25) is 0 Å². The minimum Gasteiger partial charge on any atom is -0.465 e. The summed E-state index contributed by atoms with van der Waals surface area (Å²) < 4.78 is 0. The normalized spacial score (nSPS) is 8.60. The molecule has 0 radical (unpaired) electrons. The lowest BCUT2D eigenvalue weighted by Gasteiger charge is -2.03. The molecule has 0 aliphatic carbocycles. The van der Waals surface area contributed by atoms with Crippen molar-refractivity contribution in [1.29, 1.82) is 0 Å². The number of nitrogens with two attached hydrogens (primary N) is 1. The van der Waals surface area contributed by atoms with Gasteiger partial charge in [-0.3, -0.25) is 0 Å². The van der Waals surface area contributed by atoms with Gasteiger partial charge in [-0.15, -0.1) is 24.8 Å². The van der Waals surface area contributed by atoms with Crippen LogP contribution < -0.4 is 16.4 Å². The van der Waals surface area contributed by atoms with E-state index in [1.165, 1.54) is 0 Å². The summed E-state index contributed by atoms with van der Waals surface area (Å²) in [5.74, 6) is 0. The van der Waals surface area contributed by atoms with Crippen LogP contribution in [0.25, 0.3) is 0 Å². The van der Waals surface area contributed by atoms with Crippen LogP contribution in [0.5, 0.6) is 0 Å². The van der Waals surface area contributed by atoms with Crippen molar-refractivity contribution in [3.8, 4) is 0 Å². The van der Waals surface area contributed by atoms with E-state index in [1.807, 2.05) is 0 Å². The lowest BCUT2D eigenvalue weighted by molar-refractivity contribution is 0.194. The molecule has 0 saturated heterocycles. The molecule has 0 fully saturated rings. The topological polar surface area (TPSA) is 87.4 Å². The largest absolute Gasteiger partial charge is 0.465 e. The Hall–Kier alpha value is -0.230. The maximum atomic E-state index is 10.0. The van der Waals surface area contributed by atoms with Gasteiger partial charge in [0, 0.05) is 6.54 Å². The molecule has 7 heteroatoms. The standard InChI is InChI=1S/C8H19N3O2.2ClH/c9-4-1-2-5-10-6-3-7-11-8(12)13;;/h10-11H,1-7,9H2,(H,12,13);2*1H. The van der Waals surface area contributed by atoms with Crippen molar-refractivity contribution >= 4 is 30.9 Å². The van der Waals surface area contributed by atoms with Gasteiger partial charge in [-0.05, 0) is 38.9 Å². The van der Waals surface area contributed by atoms with Crippen molar-refractivity contribution in [1.82, 2.24) is 10.6 Å². The first-order valence-corrected chi connectivity index (χ1v) is 4.65.